The van der Waals surface area contributed by atoms with Gasteiger partial charge in [-0.05, 0) is 46.9 Å². The molecule has 0 fully saturated rings. The van der Waals surface area contributed by atoms with Crippen molar-refractivity contribution in [2.24, 2.45) is 0 Å². The molecule has 2 N–H and O–H groups in total. The minimum absolute atomic E-state index is 0.180. The van der Waals surface area contributed by atoms with E-state index in [1.54, 1.807) is 33.2 Å². The Hall–Kier alpha value is -3.51. The highest BCUT2D eigenvalue weighted by molar-refractivity contribution is 14.1. The summed E-state index contributed by atoms with van der Waals surface area (Å²) in [5.41, 5.74) is 0.460. The number of pyridine rings is 2. The maximum atomic E-state index is 13.0. The summed E-state index contributed by atoms with van der Waals surface area (Å²) in [5, 5.41) is 3.21. The molecular weight excluding hydrogens is 611 g/mol. The topological polar surface area (TPSA) is 92.8 Å². The maximum Gasteiger partial charge on any atom is 0.471 e. The van der Waals surface area contributed by atoms with E-state index < -0.39 is 35.8 Å². The van der Waals surface area contributed by atoms with Crippen LogP contribution in [0.25, 0.3) is 11.3 Å². The summed E-state index contributed by atoms with van der Waals surface area (Å²) in [6.07, 6.45) is -6.80. The highest BCUT2D eigenvalue weighted by atomic mass is 127. The Balaban J connectivity index is 0.000000196. The number of hydrogen-bond acceptors (Lipinski definition) is 4. The van der Waals surface area contributed by atoms with Gasteiger partial charge in [0.15, 0.2) is 11.6 Å². The van der Waals surface area contributed by atoms with Crippen LogP contribution in [-0.2, 0) is 9.59 Å². The summed E-state index contributed by atoms with van der Waals surface area (Å²) in [5.74, 6) is -5.93. The molecule has 0 radical (unpaired) electrons. The van der Waals surface area contributed by atoms with E-state index >= 15 is 0 Å². The number of imidazole rings is 2. The van der Waals surface area contributed by atoms with Gasteiger partial charge in [0.2, 0.25) is 0 Å². The Kier molecular flexibility index (Phi) is 7.18. The number of fused-ring (bicyclic) bond motifs is 2. The van der Waals surface area contributed by atoms with Crippen LogP contribution in [-0.4, -0.2) is 42.9 Å². The third-order valence-electron chi connectivity index (χ3n) is 3.93. The zero-order chi connectivity index (χ0) is 26.1. The summed E-state index contributed by atoms with van der Waals surface area (Å²) in [7, 11) is 0. The van der Waals surface area contributed by atoms with Crippen molar-refractivity contribution in [3.05, 3.63) is 58.2 Å². The van der Waals surface area contributed by atoms with Gasteiger partial charge in [0.25, 0.3) is 0 Å². The van der Waals surface area contributed by atoms with Gasteiger partial charge in [0.05, 0.1) is 6.20 Å². The van der Waals surface area contributed by atoms with Gasteiger partial charge in [-0.1, -0.05) is 0 Å². The number of carbonyl (C=O) groups is 2. The van der Waals surface area contributed by atoms with E-state index in [0.717, 1.165) is 30.7 Å². The Morgan fingerprint density at radius 1 is 0.771 bits per heavy atom. The van der Waals surface area contributed by atoms with Gasteiger partial charge in [-0.2, -0.15) is 26.3 Å². The average molecular weight is 620 g/mol. The lowest BCUT2D eigenvalue weighted by atomic mass is 10.5. The predicted molar refractivity (Wildman–Crippen MR) is 112 cm³/mol. The lowest BCUT2D eigenvalue weighted by Gasteiger charge is -2.05. The third-order valence-corrected chi connectivity index (χ3v) is 4.96. The number of alkyl halides is 6. The van der Waals surface area contributed by atoms with Crippen molar-refractivity contribution in [3.8, 4) is 0 Å². The van der Waals surface area contributed by atoms with Gasteiger partial charge in [-0.15, -0.1) is 0 Å². The van der Waals surface area contributed by atoms with Crippen molar-refractivity contribution in [1.29, 1.82) is 0 Å². The molecule has 17 heteroatoms. The number of nitrogens with zero attached hydrogens (tertiary/aromatic N) is 4. The quantitative estimate of drug-likeness (QED) is 0.254. The zero-order valence-electron chi connectivity index (χ0n) is 16.5. The van der Waals surface area contributed by atoms with Gasteiger partial charge in [0.1, 0.15) is 26.6 Å². The van der Waals surface area contributed by atoms with Crippen LogP contribution in [0.2, 0.25) is 0 Å². The number of rotatable bonds is 2. The summed E-state index contributed by atoms with van der Waals surface area (Å²) >= 11 is 1.66. The Bertz CT molecular complexity index is 1410. The first-order chi connectivity index (χ1) is 16.1. The normalized spacial score (nSPS) is 11.8. The number of amides is 2. The molecule has 0 aliphatic carbocycles. The Labute approximate surface area is 202 Å². The molecule has 0 aliphatic heterocycles. The monoisotopic (exact) mass is 620 g/mol. The summed E-state index contributed by atoms with van der Waals surface area (Å²) in [6.45, 7) is 0. The molecule has 0 aromatic carbocycles. The van der Waals surface area contributed by atoms with E-state index in [0.29, 0.717) is 0 Å². The molecule has 4 heterocycles. The maximum absolute atomic E-state index is 13.0. The molecule has 4 aromatic rings. The van der Waals surface area contributed by atoms with E-state index in [-0.39, 0.29) is 26.6 Å². The second kappa shape index (κ2) is 9.62. The summed E-state index contributed by atoms with van der Waals surface area (Å²) in [6, 6.07) is 4.80. The van der Waals surface area contributed by atoms with Gasteiger partial charge in [0, 0.05) is 12.4 Å². The number of carbonyl (C=O) groups excluding carboxylic acids is 2. The van der Waals surface area contributed by atoms with Gasteiger partial charge >= 0.3 is 24.2 Å². The molecule has 0 bridgehead atoms. The van der Waals surface area contributed by atoms with E-state index in [9.17, 15) is 44.7 Å². The Morgan fingerprint density at radius 2 is 1.31 bits per heavy atom. The van der Waals surface area contributed by atoms with Crippen molar-refractivity contribution in [1.82, 2.24) is 18.8 Å². The van der Waals surface area contributed by atoms with Crippen molar-refractivity contribution in [2.75, 3.05) is 10.6 Å². The van der Waals surface area contributed by atoms with E-state index in [1.165, 1.54) is 20.9 Å². The minimum atomic E-state index is -5.00. The van der Waals surface area contributed by atoms with Crippen molar-refractivity contribution in [2.45, 2.75) is 12.4 Å². The molecule has 4 aromatic heterocycles. The molecule has 0 saturated heterocycles. The molecule has 186 valence electrons. The second-order valence-corrected chi connectivity index (χ2v) is 7.49. The van der Waals surface area contributed by atoms with Crippen molar-refractivity contribution >= 4 is 57.3 Å². The molecule has 0 spiro atoms. The molecule has 4 rings (SSSR count). The first-order valence-corrected chi connectivity index (χ1v) is 9.97. The molecular formula is C18H9F8IN6O2. The molecule has 0 unspecified atom stereocenters. The first-order valence-electron chi connectivity index (χ1n) is 8.89. The van der Waals surface area contributed by atoms with Crippen molar-refractivity contribution in [3.63, 3.8) is 0 Å². The van der Waals surface area contributed by atoms with Crippen LogP contribution in [0.3, 0.4) is 0 Å². The van der Waals surface area contributed by atoms with Crippen LogP contribution in [0, 0.1) is 15.3 Å². The predicted octanol–water partition coefficient (Wildman–Crippen LogP) is 4.55. The molecule has 2 amide bonds. The molecule has 0 atom stereocenters. The number of aromatic nitrogens is 4. The second-order valence-electron chi connectivity index (χ2n) is 6.47. The highest BCUT2D eigenvalue weighted by Crippen LogP contribution is 2.23. The number of halogens is 9. The van der Waals surface area contributed by atoms with Crippen LogP contribution in [0.15, 0.2) is 42.9 Å². The summed E-state index contributed by atoms with van der Waals surface area (Å²) < 4.78 is 100. The van der Waals surface area contributed by atoms with E-state index in [1.807, 2.05) is 0 Å². The zero-order valence-corrected chi connectivity index (χ0v) is 18.7. The minimum Gasteiger partial charge on any atom is -0.302 e. The van der Waals surface area contributed by atoms with E-state index in [4.69, 9.17) is 0 Å². The smallest absolute Gasteiger partial charge is 0.302 e. The number of anilines is 2. The molecule has 0 aliphatic rings. The van der Waals surface area contributed by atoms with Gasteiger partial charge in [-0.25, -0.2) is 18.7 Å². The number of nitrogens with one attached hydrogen (secondary N) is 2. The molecule has 8 nitrogen and oxygen atoms in total. The average Bonchev–Trinajstić information content (AvgIpc) is 3.27. The lowest BCUT2D eigenvalue weighted by molar-refractivity contribution is -0.167. The van der Waals surface area contributed by atoms with Crippen molar-refractivity contribution < 1.29 is 44.7 Å². The van der Waals surface area contributed by atoms with Crippen LogP contribution in [0.4, 0.5) is 46.8 Å². The highest BCUT2D eigenvalue weighted by Gasteiger charge is 2.40. The fourth-order valence-electron chi connectivity index (χ4n) is 2.46. The standard InChI is InChI=1S/C9H4F4IN3O.C9H5F4N3O/c10-4-1-2-5-15-7(6(14)17(5)3-4)16-8(18)9(11,12)13;10-5-1-2-7-14-6(4-16(7)3-5)15-8(17)9(11,12)13/h1-3H,(H,16,18);1-4H,(H,15,17). The van der Waals surface area contributed by atoms with Crippen LogP contribution in [0.1, 0.15) is 0 Å². The summed E-state index contributed by atoms with van der Waals surface area (Å²) in [4.78, 5) is 28.8. The van der Waals surface area contributed by atoms with Gasteiger partial charge in [-0.3, -0.25) is 14.0 Å². The van der Waals surface area contributed by atoms with Crippen LogP contribution < -0.4 is 10.6 Å². The van der Waals surface area contributed by atoms with Crippen LogP contribution in [0.5, 0.6) is 0 Å². The van der Waals surface area contributed by atoms with Gasteiger partial charge < -0.3 is 15.0 Å². The number of hydrogen-bond donors (Lipinski definition) is 2. The first kappa shape index (κ1) is 26.1. The molecule has 0 saturated carbocycles. The SMILES string of the molecule is O=C(Nc1cn2cc(F)ccc2n1)C(F)(F)F.O=C(Nc1nc2ccc(F)cn2c1I)C(F)(F)F. The fraction of sp³-hybridized carbons (Fsp3) is 0.111. The Morgan fingerprint density at radius 3 is 1.91 bits per heavy atom. The van der Waals surface area contributed by atoms with Crippen LogP contribution >= 0.6 is 22.6 Å². The van der Waals surface area contributed by atoms with E-state index in [2.05, 4.69) is 9.97 Å². The third kappa shape index (κ3) is 6.34. The fourth-order valence-corrected chi connectivity index (χ4v) is 3.10. The molecule has 35 heavy (non-hydrogen) atoms. The lowest BCUT2D eigenvalue weighted by Crippen LogP contribution is -2.30. The largest absolute Gasteiger partial charge is 0.471 e.